The Kier molecular flexibility index (Phi) is 4.75. The number of rotatable bonds is 6. The highest BCUT2D eigenvalue weighted by atomic mass is 16.6. The first kappa shape index (κ1) is 16.2. The summed E-state index contributed by atoms with van der Waals surface area (Å²) >= 11 is 0. The van der Waals surface area contributed by atoms with Crippen molar-refractivity contribution in [2.75, 3.05) is 5.32 Å². The van der Waals surface area contributed by atoms with E-state index < -0.39 is 9.85 Å². The Morgan fingerprint density at radius 1 is 1.04 bits per heavy atom. The van der Waals surface area contributed by atoms with Crippen LogP contribution in [0, 0.1) is 20.2 Å². The lowest BCUT2D eigenvalue weighted by molar-refractivity contribution is -0.393. The van der Waals surface area contributed by atoms with E-state index in [0.29, 0.717) is 11.4 Å². The molecule has 8 heteroatoms. The molecule has 0 radical (unpaired) electrons. The molecule has 2 aromatic rings. The molecule has 0 aromatic heterocycles. The van der Waals surface area contributed by atoms with Crippen LogP contribution in [0.1, 0.15) is 13.8 Å². The number of benzene rings is 2. The van der Waals surface area contributed by atoms with Gasteiger partial charge in [-0.1, -0.05) is 6.07 Å². The van der Waals surface area contributed by atoms with Crippen LogP contribution in [0.3, 0.4) is 0 Å². The van der Waals surface area contributed by atoms with Gasteiger partial charge in [-0.05, 0) is 32.0 Å². The molecule has 2 rings (SSSR count). The van der Waals surface area contributed by atoms with E-state index in [1.807, 2.05) is 13.8 Å². The summed E-state index contributed by atoms with van der Waals surface area (Å²) in [6, 6.07) is 10.4. The van der Waals surface area contributed by atoms with E-state index in [4.69, 9.17) is 4.74 Å². The molecule has 0 aliphatic heterocycles. The van der Waals surface area contributed by atoms with Gasteiger partial charge in [-0.15, -0.1) is 0 Å². The molecule has 120 valence electrons. The van der Waals surface area contributed by atoms with E-state index in [0.717, 1.165) is 6.07 Å². The third-order valence-electron chi connectivity index (χ3n) is 2.87. The largest absolute Gasteiger partial charge is 0.491 e. The Hall–Kier alpha value is -3.16. The zero-order valence-corrected chi connectivity index (χ0v) is 12.6. The lowest BCUT2D eigenvalue weighted by Crippen LogP contribution is -2.05. The molecule has 0 heterocycles. The third-order valence-corrected chi connectivity index (χ3v) is 2.87. The maximum Gasteiger partial charge on any atom is 0.299 e. The minimum absolute atomic E-state index is 0.000962. The smallest absolute Gasteiger partial charge is 0.299 e. The van der Waals surface area contributed by atoms with Crippen molar-refractivity contribution in [2.45, 2.75) is 20.0 Å². The van der Waals surface area contributed by atoms with Crippen LogP contribution >= 0.6 is 0 Å². The lowest BCUT2D eigenvalue weighted by Gasteiger charge is -2.12. The summed E-state index contributed by atoms with van der Waals surface area (Å²) in [6.07, 6.45) is -0.000962. The van der Waals surface area contributed by atoms with E-state index in [1.165, 1.54) is 12.1 Å². The maximum absolute atomic E-state index is 11.1. The van der Waals surface area contributed by atoms with Gasteiger partial charge in [-0.25, -0.2) is 0 Å². The molecule has 0 saturated carbocycles. The van der Waals surface area contributed by atoms with Crippen LogP contribution in [0.25, 0.3) is 0 Å². The summed E-state index contributed by atoms with van der Waals surface area (Å²) in [7, 11) is 0. The predicted octanol–water partition coefficient (Wildman–Crippen LogP) is 4.03. The molecule has 23 heavy (non-hydrogen) atoms. The van der Waals surface area contributed by atoms with Crippen LogP contribution < -0.4 is 10.1 Å². The van der Waals surface area contributed by atoms with Crippen LogP contribution in [0.4, 0.5) is 22.7 Å². The van der Waals surface area contributed by atoms with Crippen molar-refractivity contribution in [3.8, 4) is 5.75 Å². The Labute approximate surface area is 132 Å². The minimum atomic E-state index is -0.673. The number of ether oxygens (including phenoxy) is 1. The number of hydrogen-bond donors (Lipinski definition) is 1. The van der Waals surface area contributed by atoms with Gasteiger partial charge in [0, 0.05) is 17.8 Å². The number of nitro groups is 2. The molecule has 2 aromatic carbocycles. The Morgan fingerprint density at radius 2 is 1.78 bits per heavy atom. The second-order valence-electron chi connectivity index (χ2n) is 5.04. The molecule has 0 amide bonds. The molecule has 0 aliphatic rings. The van der Waals surface area contributed by atoms with E-state index in [2.05, 4.69) is 5.32 Å². The molecule has 0 spiro atoms. The van der Waals surface area contributed by atoms with Gasteiger partial charge in [0.05, 0.1) is 22.0 Å². The molecule has 1 N–H and O–H groups in total. The second-order valence-corrected chi connectivity index (χ2v) is 5.04. The summed E-state index contributed by atoms with van der Waals surface area (Å²) in [5.41, 5.74) is 0.0518. The number of nitrogens with zero attached hydrogens (tertiary/aromatic N) is 2. The molecule has 0 fully saturated rings. The Morgan fingerprint density at radius 3 is 2.39 bits per heavy atom. The highest BCUT2D eigenvalue weighted by Crippen LogP contribution is 2.32. The van der Waals surface area contributed by atoms with Crippen LogP contribution in [0.5, 0.6) is 5.75 Å². The van der Waals surface area contributed by atoms with E-state index in [-0.39, 0.29) is 23.2 Å². The number of nitrogens with one attached hydrogen (secondary N) is 1. The molecular weight excluding hydrogens is 302 g/mol. The fraction of sp³-hybridized carbons (Fsp3) is 0.200. The summed E-state index contributed by atoms with van der Waals surface area (Å²) in [6.45, 7) is 3.78. The SMILES string of the molecule is CC(C)Oc1cccc(Nc2ccc([N+](=O)[O-])cc2[N+](=O)[O-])c1. The van der Waals surface area contributed by atoms with Crippen molar-refractivity contribution in [2.24, 2.45) is 0 Å². The van der Waals surface area contributed by atoms with Gasteiger partial charge in [0.1, 0.15) is 11.4 Å². The summed E-state index contributed by atoms with van der Waals surface area (Å²) < 4.78 is 5.56. The van der Waals surface area contributed by atoms with Gasteiger partial charge in [0.2, 0.25) is 0 Å². The summed E-state index contributed by atoms with van der Waals surface area (Å²) in [4.78, 5) is 20.5. The van der Waals surface area contributed by atoms with Crippen molar-refractivity contribution in [3.63, 3.8) is 0 Å². The van der Waals surface area contributed by atoms with Gasteiger partial charge in [0.15, 0.2) is 0 Å². The first-order chi connectivity index (χ1) is 10.9. The average molecular weight is 317 g/mol. The van der Waals surface area contributed by atoms with Crippen LogP contribution in [-0.2, 0) is 0 Å². The quantitative estimate of drug-likeness (QED) is 0.636. The highest BCUT2D eigenvalue weighted by molar-refractivity contribution is 5.72. The fourth-order valence-corrected chi connectivity index (χ4v) is 1.97. The minimum Gasteiger partial charge on any atom is -0.491 e. The van der Waals surface area contributed by atoms with Crippen LogP contribution in [0.2, 0.25) is 0 Å². The number of hydrogen-bond acceptors (Lipinski definition) is 6. The van der Waals surface area contributed by atoms with Crippen LogP contribution in [0.15, 0.2) is 42.5 Å². The third kappa shape index (κ3) is 4.16. The Bertz CT molecular complexity index is 746. The number of anilines is 2. The standard InChI is InChI=1S/C15H15N3O5/c1-10(2)23-13-5-3-4-11(8-13)16-14-7-6-12(17(19)20)9-15(14)18(21)22/h3-10,16H,1-2H3. The zero-order chi connectivity index (χ0) is 17.0. The molecule has 0 saturated heterocycles. The number of nitro benzene ring substituents is 2. The molecule has 0 aliphatic carbocycles. The van der Waals surface area contributed by atoms with Crippen LogP contribution in [-0.4, -0.2) is 16.0 Å². The van der Waals surface area contributed by atoms with Gasteiger partial charge < -0.3 is 10.1 Å². The summed E-state index contributed by atoms with van der Waals surface area (Å²) in [5.74, 6) is 0.620. The van der Waals surface area contributed by atoms with E-state index >= 15 is 0 Å². The van der Waals surface area contributed by atoms with Crippen molar-refractivity contribution < 1.29 is 14.6 Å². The highest BCUT2D eigenvalue weighted by Gasteiger charge is 2.19. The summed E-state index contributed by atoms with van der Waals surface area (Å²) in [5, 5.41) is 24.7. The van der Waals surface area contributed by atoms with E-state index in [9.17, 15) is 20.2 Å². The average Bonchev–Trinajstić information content (AvgIpc) is 2.46. The van der Waals surface area contributed by atoms with E-state index in [1.54, 1.807) is 24.3 Å². The van der Waals surface area contributed by atoms with Gasteiger partial charge in [-0.3, -0.25) is 20.2 Å². The van der Waals surface area contributed by atoms with Gasteiger partial charge in [0.25, 0.3) is 11.4 Å². The van der Waals surface area contributed by atoms with Crippen molar-refractivity contribution in [1.82, 2.24) is 0 Å². The Balaban J connectivity index is 2.32. The maximum atomic E-state index is 11.1. The van der Waals surface area contributed by atoms with Crippen molar-refractivity contribution >= 4 is 22.7 Å². The molecule has 0 atom stereocenters. The first-order valence-corrected chi connectivity index (χ1v) is 6.83. The topological polar surface area (TPSA) is 108 Å². The van der Waals surface area contributed by atoms with Crippen molar-refractivity contribution in [1.29, 1.82) is 0 Å². The fourth-order valence-electron chi connectivity index (χ4n) is 1.97. The normalized spacial score (nSPS) is 10.4. The monoisotopic (exact) mass is 317 g/mol. The molecular formula is C15H15N3O5. The number of non-ortho nitro benzene ring substituents is 1. The second kappa shape index (κ2) is 6.73. The van der Waals surface area contributed by atoms with Crippen molar-refractivity contribution in [3.05, 3.63) is 62.7 Å². The lowest BCUT2D eigenvalue weighted by atomic mass is 10.2. The molecule has 0 bridgehead atoms. The molecule has 8 nitrogen and oxygen atoms in total. The van der Waals surface area contributed by atoms with Gasteiger partial charge >= 0.3 is 0 Å². The zero-order valence-electron chi connectivity index (χ0n) is 12.6. The van der Waals surface area contributed by atoms with Gasteiger partial charge in [-0.2, -0.15) is 0 Å². The predicted molar refractivity (Wildman–Crippen MR) is 85.2 cm³/mol. The molecule has 0 unspecified atom stereocenters. The first-order valence-electron chi connectivity index (χ1n) is 6.83.